The summed E-state index contributed by atoms with van der Waals surface area (Å²) in [6.07, 6.45) is 0. The van der Waals surface area contributed by atoms with Crippen LogP contribution in [0.4, 0.5) is 11.4 Å². The molecule has 3 rings (SSSR count). The van der Waals surface area contributed by atoms with Gasteiger partial charge in [0, 0.05) is 11.1 Å². The number of methoxy groups -OCH3 is 2. The summed E-state index contributed by atoms with van der Waals surface area (Å²) in [7, 11) is 3.15. The van der Waals surface area contributed by atoms with E-state index in [1.54, 1.807) is 20.3 Å². The van der Waals surface area contributed by atoms with E-state index in [4.69, 9.17) is 13.9 Å². The van der Waals surface area contributed by atoms with Crippen LogP contribution in [0.3, 0.4) is 0 Å². The van der Waals surface area contributed by atoms with Crippen LogP contribution in [0.5, 0.6) is 11.5 Å². The average molecular weight is 455 g/mol. The Hall–Kier alpha value is -1.99. The van der Waals surface area contributed by atoms with Gasteiger partial charge in [-0.05, 0) is 68.3 Å². The van der Waals surface area contributed by atoms with Crippen molar-refractivity contribution in [2.45, 2.75) is 0 Å². The summed E-state index contributed by atoms with van der Waals surface area (Å²) in [5.74, 6) is 1.31. The Morgan fingerprint density at radius 3 is 2.38 bits per heavy atom. The Morgan fingerprint density at radius 1 is 1.04 bits per heavy atom. The maximum atomic E-state index is 12.3. The molecule has 0 amide bonds. The van der Waals surface area contributed by atoms with Crippen LogP contribution in [0.2, 0.25) is 0 Å². The molecule has 5 nitrogen and oxygen atoms in total. The first-order chi connectivity index (χ1) is 11.5. The topological polar surface area (TPSA) is 60.7 Å². The van der Waals surface area contributed by atoms with E-state index in [0.717, 1.165) is 21.3 Å². The van der Waals surface area contributed by atoms with E-state index in [1.807, 2.05) is 30.3 Å². The van der Waals surface area contributed by atoms with E-state index in [1.165, 1.54) is 0 Å². The minimum absolute atomic E-state index is 0.344. The second-order valence-electron chi connectivity index (χ2n) is 4.93. The van der Waals surface area contributed by atoms with Crippen molar-refractivity contribution in [1.29, 1.82) is 0 Å². The molecular weight excluding hydrogens is 442 g/mol. The molecule has 1 N–H and O–H groups in total. The minimum Gasteiger partial charge on any atom is -0.497 e. The molecule has 0 fully saturated rings. The Balaban J connectivity index is 2.05. The van der Waals surface area contributed by atoms with E-state index in [-0.39, 0.29) is 0 Å². The number of rotatable bonds is 4. The molecule has 1 heterocycles. The van der Waals surface area contributed by atoms with Crippen LogP contribution in [-0.4, -0.2) is 14.2 Å². The van der Waals surface area contributed by atoms with Crippen molar-refractivity contribution >= 4 is 54.2 Å². The maximum absolute atomic E-state index is 12.3. The maximum Gasteiger partial charge on any atom is 0.360 e. The van der Waals surface area contributed by atoms with Gasteiger partial charge in [-0.1, -0.05) is 0 Å². The number of benzene rings is 2. The van der Waals surface area contributed by atoms with Crippen LogP contribution in [0.15, 0.2) is 54.6 Å². The summed E-state index contributed by atoms with van der Waals surface area (Å²) >= 11 is 6.86. The van der Waals surface area contributed by atoms with Crippen LogP contribution >= 0.6 is 31.9 Å². The van der Waals surface area contributed by atoms with E-state index in [0.29, 0.717) is 21.5 Å². The van der Waals surface area contributed by atoms with Gasteiger partial charge in [0.05, 0.1) is 18.7 Å². The van der Waals surface area contributed by atoms with Gasteiger partial charge in [-0.3, -0.25) is 0 Å². The number of ether oxygens (including phenoxy) is 2. The lowest BCUT2D eigenvalue weighted by Gasteiger charge is -2.10. The van der Waals surface area contributed by atoms with Crippen LogP contribution in [0.25, 0.3) is 11.0 Å². The standard InChI is InChI=1S/C17H13Br2NO4/c1-22-11-5-3-10(4-6-11)20-13-8-9-7-12(18)16(23-2)14(19)15(9)24-17(13)21/h3-8,20H,1-2H3. The number of hydrogen-bond acceptors (Lipinski definition) is 5. The first kappa shape index (κ1) is 16.9. The van der Waals surface area contributed by atoms with Crippen molar-refractivity contribution in [1.82, 2.24) is 0 Å². The van der Waals surface area contributed by atoms with Gasteiger partial charge in [0.2, 0.25) is 0 Å². The molecule has 0 unspecified atom stereocenters. The fraction of sp³-hybridized carbons (Fsp3) is 0.118. The van der Waals surface area contributed by atoms with E-state index < -0.39 is 5.63 Å². The van der Waals surface area contributed by atoms with Gasteiger partial charge in [0.1, 0.15) is 15.9 Å². The molecule has 2 aromatic carbocycles. The van der Waals surface area contributed by atoms with E-state index >= 15 is 0 Å². The largest absolute Gasteiger partial charge is 0.497 e. The zero-order chi connectivity index (χ0) is 17.3. The van der Waals surface area contributed by atoms with Gasteiger partial charge in [-0.15, -0.1) is 0 Å². The summed E-state index contributed by atoms with van der Waals surface area (Å²) in [4.78, 5) is 12.3. The monoisotopic (exact) mass is 453 g/mol. The fourth-order valence-electron chi connectivity index (χ4n) is 2.28. The third-order valence-corrected chi connectivity index (χ3v) is 4.76. The Morgan fingerprint density at radius 2 is 1.75 bits per heavy atom. The van der Waals surface area contributed by atoms with Gasteiger partial charge in [-0.25, -0.2) is 4.79 Å². The van der Waals surface area contributed by atoms with Crippen LogP contribution in [0.1, 0.15) is 0 Å². The summed E-state index contributed by atoms with van der Waals surface area (Å²) in [6.45, 7) is 0. The lowest BCUT2D eigenvalue weighted by Crippen LogP contribution is -2.07. The van der Waals surface area contributed by atoms with Crippen LogP contribution in [0, 0.1) is 0 Å². The molecule has 0 saturated heterocycles. The zero-order valence-electron chi connectivity index (χ0n) is 12.9. The normalized spacial score (nSPS) is 10.7. The highest BCUT2D eigenvalue weighted by molar-refractivity contribution is 9.11. The van der Waals surface area contributed by atoms with Crippen molar-refractivity contribution in [2.75, 3.05) is 19.5 Å². The molecule has 7 heteroatoms. The summed E-state index contributed by atoms with van der Waals surface area (Å²) in [5, 5.41) is 3.81. The molecule has 24 heavy (non-hydrogen) atoms. The molecule has 0 aliphatic heterocycles. The molecular formula is C17H13Br2NO4. The fourth-order valence-corrected chi connectivity index (χ4v) is 3.84. The second kappa shape index (κ2) is 6.86. The quantitative estimate of drug-likeness (QED) is 0.557. The van der Waals surface area contributed by atoms with Gasteiger partial charge < -0.3 is 19.2 Å². The predicted molar refractivity (Wildman–Crippen MR) is 101 cm³/mol. The number of anilines is 2. The average Bonchev–Trinajstić information content (AvgIpc) is 2.58. The van der Waals surface area contributed by atoms with Gasteiger partial charge in [0.15, 0.2) is 11.3 Å². The molecule has 1 aromatic heterocycles. The van der Waals surface area contributed by atoms with Crippen molar-refractivity contribution in [2.24, 2.45) is 0 Å². The van der Waals surface area contributed by atoms with E-state index in [9.17, 15) is 4.79 Å². The summed E-state index contributed by atoms with van der Waals surface area (Å²) in [5.41, 5.74) is 1.06. The van der Waals surface area contributed by atoms with E-state index in [2.05, 4.69) is 37.2 Å². The molecule has 0 aliphatic carbocycles. The third-order valence-electron chi connectivity index (χ3n) is 3.45. The lowest BCUT2D eigenvalue weighted by atomic mass is 10.2. The first-order valence-corrected chi connectivity index (χ1v) is 8.53. The minimum atomic E-state index is -0.469. The lowest BCUT2D eigenvalue weighted by molar-refractivity contribution is 0.408. The molecule has 0 atom stereocenters. The van der Waals surface area contributed by atoms with Gasteiger partial charge in [0.25, 0.3) is 0 Å². The predicted octanol–water partition coefficient (Wildman–Crippen LogP) is 5.08. The number of hydrogen-bond donors (Lipinski definition) is 1. The molecule has 124 valence electrons. The van der Waals surface area contributed by atoms with Crippen molar-refractivity contribution in [3.63, 3.8) is 0 Å². The van der Waals surface area contributed by atoms with Crippen LogP contribution < -0.4 is 20.4 Å². The zero-order valence-corrected chi connectivity index (χ0v) is 16.0. The summed E-state index contributed by atoms with van der Waals surface area (Å²) in [6, 6.07) is 10.8. The number of halogens is 2. The Labute approximate surface area is 154 Å². The van der Waals surface area contributed by atoms with Crippen LogP contribution in [-0.2, 0) is 0 Å². The van der Waals surface area contributed by atoms with Gasteiger partial charge in [-0.2, -0.15) is 0 Å². The SMILES string of the molecule is COc1ccc(Nc2cc3cc(Br)c(OC)c(Br)c3oc2=O)cc1. The highest BCUT2D eigenvalue weighted by atomic mass is 79.9. The van der Waals surface area contributed by atoms with Crippen molar-refractivity contribution in [3.8, 4) is 11.5 Å². The molecule has 0 spiro atoms. The van der Waals surface area contributed by atoms with Crippen molar-refractivity contribution < 1.29 is 13.9 Å². The van der Waals surface area contributed by atoms with Gasteiger partial charge >= 0.3 is 5.63 Å². The Bertz CT molecular complexity index is 951. The van der Waals surface area contributed by atoms with Crippen molar-refractivity contribution in [3.05, 3.63) is 55.8 Å². The Kier molecular flexibility index (Phi) is 4.82. The molecule has 0 radical (unpaired) electrons. The molecule has 0 saturated carbocycles. The molecule has 0 aliphatic rings. The number of nitrogens with one attached hydrogen (secondary N) is 1. The third kappa shape index (κ3) is 3.14. The highest BCUT2D eigenvalue weighted by Gasteiger charge is 2.15. The highest BCUT2D eigenvalue weighted by Crippen LogP contribution is 2.39. The number of fused-ring (bicyclic) bond motifs is 1. The smallest absolute Gasteiger partial charge is 0.360 e. The second-order valence-corrected chi connectivity index (χ2v) is 6.57. The summed E-state index contributed by atoms with van der Waals surface area (Å²) < 4.78 is 17.2. The first-order valence-electron chi connectivity index (χ1n) is 6.94. The molecule has 0 bridgehead atoms. The molecule has 3 aromatic rings.